The highest BCUT2D eigenvalue weighted by Gasteiger charge is 2.18. The summed E-state index contributed by atoms with van der Waals surface area (Å²) in [6.45, 7) is 2.73. The first-order chi connectivity index (χ1) is 15.9. The van der Waals surface area contributed by atoms with Gasteiger partial charge in [-0.25, -0.2) is 9.80 Å². The van der Waals surface area contributed by atoms with Crippen molar-refractivity contribution >= 4 is 28.6 Å². The number of para-hydroxylation sites is 1. The number of aromatic amines is 1. The van der Waals surface area contributed by atoms with Crippen LogP contribution in [-0.2, 0) is 19.5 Å². The number of unbranched alkanes of at least 4 members (excludes halogenated alkanes) is 1. The first kappa shape index (κ1) is 24.2. The molecule has 0 aliphatic carbocycles. The Morgan fingerprint density at radius 2 is 1.97 bits per heavy atom. The number of hydrogen-bond donors (Lipinski definition) is 3. The molecule has 0 bridgehead atoms. The molecule has 0 unspecified atom stereocenters. The maximum atomic E-state index is 13.0. The second-order valence-corrected chi connectivity index (χ2v) is 7.84. The fraction of sp³-hybridized carbons (Fsp3) is 0.429. The smallest absolute Gasteiger partial charge is 0.332 e. The van der Waals surface area contributed by atoms with Crippen LogP contribution < -0.4 is 16.0 Å². The highest BCUT2D eigenvalue weighted by atomic mass is 35.5. The summed E-state index contributed by atoms with van der Waals surface area (Å²) in [7, 11) is 1.56. The fourth-order valence-corrected chi connectivity index (χ4v) is 3.77. The average molecular weight is 475 g/mol. The zero-order valence-electron chi connectivity index (χ0n) is 18.6. The summed E-state index contributed by atoms with van der Waals surface area (Å²) in [6, 6.07) is 7.34. The van der Waals surface area contributed by atoms with Crippen molar-refractivity contribution in [3.8, 4) is 5.75 Å². The molecule has 0 saturated carbocycles. The molecular formula is C21H27ClN8O3. The lowest BCUT2D eigenvalue weighted by molar-refractivity contribution is 0.370. The predicted octanol–water partition coefficient (Wildman–Crippen LogP) is 3.21. The Hall–Kier alpha value is -3.47. The van der Waals surface area contributed by atoms with Crippen molar-refractivity contribution in [2.24, 2.45) is 5.22 Å². The molecule has 2 heterocycles. The van der Waals surface area contributed by atoms with Gasteiger partial charge < -0.3 is 9.72 Å². The van der Waals surface area contributed by atoms with E-state index in [0.717, 1.165) is 23.0 Å². The Morgan fingerprint density at radius 3 is 2.67 bits per heavy atom. The van der Waals surface area contributed by atoms with Crippen molar-refractivity contribution in [2.45, 2.75) is 45.7 Å². The number of imidazole rings is 1. The van der Waals surface area contributed by atoms with Crippen LogP contribution in [0.5, 0.6) is 5.75 Å². The number of halogens is 1. The number of benzene rings is 1. The molecule has 1 aromatic carbocycles. The van der Waals surface area contributed by atoms with Gasteiger partial charge in [-0.15, -0.1) is 0 Å². The number of aromatic nitrogens is 4. The molecule has 33 heavy (non-hydrogen) atoms. The lowest BCUT2D eigenvalue weighted by Gasteiger charge is -2.19. The van der Waals surface area contributed by atoms with E-state index in [0.29, 0.717) is 18.7 Å². The fourth-order valence-electron chi connectivity index (χ4n) is 3.60. The third-order valence-corrected chi connectivity index (χ3v) is 5.48. The largest absolute Gasteiger partial charge is 0.496 e. The molecule has 0 aliphatic rings. The zero-order chi connectivity index (χ0) is 24.0. The highest BCUT2D eigenvalue weighted by molar-refractivity contribution is 6.28. The number of rotatable bonds is 11. The lowest BCUT2D eigenvalue weighted by Crippen LogP contribution is -2.41. The van der Waals surface area contributed by atoms with Crippen molar-refractivity contribution in [3.05, 3.63) is 56.0 Å². The molecule has 0 fully saturated rings. The van der Waals surface area contributed by atoms with E-state index in [2.05, 4.69) is 15.2 Å². The van der Waals surface area contributed by atoms with Gasteiger partial charge in [0.05, 0.1) is 7.11 Å². The summed E-state index contributed by atoms with van der Waals surface area (Å²) in [5.41, 5.74) is 7.74. The molecule has 0 amide bonds. The van der Waals surface area contributed by atoms with E-state index in [1.54, 1.807) is 13.2 Å². The maximum Gasteiger partial charge on any atom is 0.332 e. The molecule has 3 aromatic rings. The molecule has 12 heteroatoms. The van der Waals surface area contributed by atoms with Gasteiger partial charge in [-0.3, -0.25) is 19.3 Å². The summed E-state index contributed by atoms with van der Waals surface area (Å²) in [6.07, 6.45) is 2.19. The third kappa shape index (κ3) is 5.30. The molecule has 0 atom stereocenters. The summed E-state index contributed by atoms with van der Waals surface area (Å²) >= 11 is 5.95. The number of nitrogens with zero attached hydrogens (tertiary/aromatic N) is 5. The first-order valence-corrected chi connectivity index (χ1v) is 11.0. The minimum Gasteiger partial charge on any atom is -0.496 e. The second-order valence-electron chi connectivity index (χ2n) is 7.48. The normalized spacial score (nSPS) is 11.0. The number of fused-ring (bicyclic) bond motifs is 1. The predicted molar refractivity (Wildman–Crippen MR) is 125 cm³/mol. The Bertz CT molecular complexity index is 1260. The molecule has 11 nitrogen and oxygen atoms in total. The van der Waals surface area contributed by atoms with Gasteiger partial charge in [-0.05, 0) is 30.5 Å². The number of nitrogens with one attached hydrogen (secondary N) is 3. The minimum atomic E-state index is -0.499. The van der Waals surface area contributed by atoms with E-state index in [1.807, 2.05) is 25.1 Å². The van der Waals surface area contributed by atoms with Crippen molar-refractivity contribution in [1.82, 2.24) is 24.1 Å². The van der Waals surface area contributed by atoms with E-state index in [-0.39, 0.29) is 41.8 Å². The monoisotopic (exact) mass is 474 g/mol. The van der Waals surface area contributed by atoms with E-state index >= 15 is 0 Å². The van der Waals surface area contributed by atoms with Crippen molar-refractivity contribution in [3.63, 3.8) is 0 Å². The number of ether oxygens (including phenoxy) is 1. The van der Waals surface area contributed by atoms with Crippen LogP contribution in [-0.4, -0.2) is 43.6 Å². The Labute approximate surface area is 194 Å². The van der Waals surface area contributed by atoms with E-state index in [4.69, 9.17) is 27.3 Å². The molecule has 3 rings (SSSR count). The van der Waals surface area contributed by atoms with Crippen molar-refractivity contribution < 1.29 is 4.74 Å². The van der Waals surface area contributed by atoms with Gasteiger partial charge in [0, 0.05) is 31.6 Å². The number of aryl methyl sites for hydroxylation is 1. The number of amidine groups is 1. The Balaban J connectivity index is 1.76. The van der Waals surface area contributed by atoms with Gasteiger partial charge in [-0.1, -0.05) is 36.8 Å². The summed E-state index contributed by atoms with van der Waals surface area (Å²) in [5.74, 6) is 0.760. The topological polar surface area (TPSA) is 145 Å². The van der Waals surface area contributed by atoms with Crippen LogP contribution in [0.3, 0.4) is 0 Å². The van der Waals surface area contributed by atoms with Gasteiger partial charge in [0.25, 0.3) is 5.56 Å². The summed E-state index contributed by atoms with van der Waals surface area (Å²) < 4.78 is 7.91. The van der Waals surface area contributed by atoms with Gasteiger partial charge in [0.15, 0.2) is 11.2 Å². The van der Waals surface area contributed by atoms with E-state index in [1.165, 1.54) is 9.58 Å². The zero-order valence-corrected chi connectivity index (χ0v) is 19.4. The van der Waals surface area contributed by atoms with Crippen LogP contribution in [0.2, 0.25) is 5.28 Å². The van der Waals surface area contributed by atoms with Crippen LogP contribution in [0, 0.1) is 10.9 Å². The van der Waals surface area contributed by atoms with E-state index < -0.39 is 11.2 Å². The molecule has 3 N–H and O–H groups in total. The van der Waals surface area contributed by atoms with Crippen LogP contribution >= 0.6 is 11.6 Å². The average Bonchev–Trinajstić information content (AvgIpc) is 3.20. The van der Waals surface area contributed by atoms with Gasteiger partial charge >= 0.3 is 5.69 Å². The quantitative estimate of drug-likeness (QED) is 0.128. The number of methoxy groups -OCH3 is 1. The first-order valence-electron chi connectivity index (χ1n) is 10.6. The molecule has 2 aromatic heterocycles. The molecule has 0 saturated heterocycles. The third-order valence-electron chi connectivity index (χ3n) is 5.30. The molecular weight excluding hydrogens is 448 g/mol. The van der Waals surface area contributed by atoms with Crippen molar-refractivity contribution in [1.29, 1.82) is 10.9 Å². The Morgan fingerprint density at radius 1 is 1.24 bits per heavy atom. The van der Waals surface area contributed by atoms with Gasteiger partial charge in [0.2, 0.25) is 5.28 Å². The van der Waals surface area contributed by atoms with Crippen molar-refractivity contribution in [2.75, 3.05) is 13.7 Å². The Kier molecular flexibility index (Phi) is 7.99. The standard InChI is InChI=1S/C21H27ClN8O3/c1-3-4-10-28-18-17(25-20(22)26-18)19(31)29(21(28)32)11-7-12-30(27-24)16(23)13-14-8-5-6-9-15(14)33-2/h5-6,8-9,23-24H,3-4,7,10-13H2,1-2H3,(H,25,26). The second kappa shape index (κ2) is 10.9. The highest BCUT2D eigenvalue weighted by Crippen LogP contribution is 2.19. The van der Waals surface area contributed by atoms with Crippen LogP contribution in [0.4, 0.5) is 0 Å². The van der Waals surface area contributed by atoms with Crippen LogP contribution in [0.15, 0.2) is 39.1 Å². The van der Waals surface area contributed by atoms with E-state index in [9.17, 15) is 9.59 Å². The maximum absolute atomic E-state index is 13.0. The number of hydrogen-bond acceptors (Lipinski definition) is 7. The van der Waals surface area contributed by atoms with Gasteiger partial charge in [-0.2, -0.15) is 10.5 Å². The summed E-state index contributed by atoms with van der Waals surface area (Å²) in [4.78, 5) is 32.7. The number of H-pyrrole nitrogens is 1. The summed E-state index contributed by atoms with van der Waals surface area (Å²) in [5, 5.41) is 13.1. The molecule has 176 valence electrons. The molecule has 0 radical (unpaired) electrons. The van der Waals surface area contributed by atoms with Gasteiger partial charge in [0.1, 0.15) is 11.6 Å². The van der Waals surface area contributed by atoms with Crippen LogP contribution in [0.25, 0.3) is 11.2 Å². The minimum absolute atomic E-state index is 0.0495. The molecule has 0 aliphatic heterocycles. The lowest BCUT2D eigenvalue weighted by atomic mass is 10.1. The van der Waals surface area contributed by atoms with Crippen LogP contribution in [0.1, 0.15) is 31.7 Å². The SMILES string of the molecule is CCCCn1c(=O)n(CCCN(N=N)C(=N)Cc2ccccc2OC)c(=O)c2[nH]c(Cl)nc21. The molecule has 0 spiro atoms.